The van der Waals surface area contributed by atoms with Gasteiger partial charge in [-0.05, 0) is 77.3 Å². The van der Waals surface area contributed by atoms with Gasteiger partial charge in [0.25, 0.3) is 5.91 Å². The molecule has 0 N–H and O–H groups in total. The van der Waals surface area contributed by atoms with Crippen molar-refractivity contribution in [2.45, 2.75) is 32.1 Å². The second kappa shape index (κ2) is 9.67. The highest BCUT2D eigenvalue weighted by atomic mass is 35.5. The molecule has 1 heterocycles. The van der Waals surface area contributed by atoms with Crippen LogP contribution in [0, 0.1) is 0 Å². The standard InChI is InChI=1S/C30H33ClN2O2/c1-19(2)27-16-28-29(26-8-6-5-7-25(26)27)23(17-31)18-33(28)30(34)22-13-20-9-10-24(15-21(20)14-22)35-12-11-32(3)4/h5-10,14-16,19,23H,11-13,17-18H2,1-4H3/t23-/m1/s1. The van der Waals surface area contributed by atoms with E-state index in [0.717, 1.165) is 29.1 Å². The number of alkyl halides is 1. The lowest BCUT2D eigenvalue weighted by molar-refractivity contribution is -0.115. The highest BCUT2D eigenvalue weighted by molar-refractivity contribution is 6.19. The first-order valence-electron chi connectivity index (χ1n) is 12.4. The van der Waals surface area contributed by atoms with Gasteiger partial charge >= 0.3 is 0 Å². The van der Waals surface area contributed by atoms with Gasteiger partial charge in [0, 0.05) is 42.6 Å². The highest BCUT2D eigenvalue weighted by Gasteiger charge is 2.36. The number of ether oxygens (including phenoxy) is 1. The molecule has 0 fully saturated rings. The van der Waals surface area contributed by atoms with Crippen molar-refractivity contribution in [1.29, 1.82) is 0 Å². The summed E-state index contributed by atoms with van der Waals surface area (Å²) in [6, 6.07) is 16.9. The molecule has 1 amide bonds. The molecular weight excluding hydrogens is 456 g/mol. The van der Waals surface area contributed by atoms with Gasteiger partial charge < -0.3 is 14.5 Å². The predicted molar refractivity (Wildman–Crippen MR) is 146 cm³/mol. The topological polar surface area (TPSA) is 32.8 Å². The quantitative estimate of drug-likeness (QED) is 0.370. The van der Waals surface area contributed by atoms with Gasteiger partial charge in [-0.15, -0.1) is 11.6 Å². The van der Waals surface area contributed by atoms with E-state index < -0.39 is 0 Å². The fraction of sp³-hybridized carbons (Fsp3) is 0.367. The highest BCUT2D eigenvalue weighted by Crippen LogP contribution is 2.45. The Hall–Kier alpha value is -2.82. The lowest BCUT2D eigenvalue weighted by Gasteiger charge is -2.21. The van der Waals surface area contributed by atoms with Gasteiger partial charge in [0.05, 0.1) is 0 Å². The summed E-state index contributed by atoms with van der Waals surface area (Å²) in [7, 11) is 4.07. The van der Waals surface area contributed by atoms with Crippen LogP contribution in [0.15, 0.2) is 54.1 Å². The first-order valence-corrected chi connectivity index (χ1v) is 12.9. The van der Waals surface area contributed by atoms with Crippen molar-refractivity contribution in [2.24, 2.45) is 0 Å². The molecule has 3 aromatic rings. The zero-order valence-corrected chi connectivity index (χ0v) is 21.7. The molecule has 3 aromatic carbocycles. The SMILES string of the molecule is CC(C)c1cc2c(c3ccccc13)[C@H](CCl)CN2C(=O)C1=Cc2cc(OCCN(C)C)ccc2C1. The molecule has 5 rings (SSSR count). The number of hydrogen-bond donors (Lipinski definition) is 0. The summed E-state index contributed by atoms with van der Waals surface area (Å²) in [4.78, 5) is 17.9. The first kappa shape index (κ1) is 23.9. The monoisotopic (exact) mass is 488 g/mol. The first-order chi connectivity index (χ1) is 16.9. The molecule has 1 aliphatic heterocycles. The van der Waals surface area contributed by atoms with E-state index in [-0.39, 0.29) is 11.8 Å². The van der Waals surface area contributed by atoms with E-state index in [2.05, 4.69) is 61.2 Å². The minimum absolute atomic E-state index is 0.0788. The average molecular weight is 489 g/mol. The van der Waals surface area contributed by atoms with Crippen LogP contribution in [0.25, 0.3) is 16.8 Å². The maximum absolute atomic E-state index is 13.9. The third-order valence-corrected chi connectivity index (χ3v) is 7.53. The number of likely N-dealkylation sites (N-methyl/N-ethyl adjacent to an activating group) is 1. The number of amides is 1. The lowest BCUT2D eigenvalue weighted by atomic mass is 9.89. The molecule has 1 atom stereocenters. The maximum atomic E-state index is 13.9. The summed E-state index contributed by atoms with van der Waals surface area (Å²) in [6.45, 7) is 6.54. The van der Waals surface area contributed by atoms with E-state index in [9.17, 15) is 4.79 Å². The number of halogens is 1. The van der Waals surface area contributed by atoms with Crippen molar-refractivity contribution in [1.82, 2.24) is 4.90 Å². The normalized spacial score (nSPS) is 16.7. The molecule has 4 nitrogen and oxygen atoms in total. The molecule has 0 saturated carbocycles. The summed E-state index contributed by atoms with van der Waals surface area (Å²) in [5.74, 6) is 1.91. The van der Waals surface area contributed by atoms with Gasteiger partial charge in [0.15, 0.2) is 0 Å². The number of benzene rings is 3. The Kier molecular flexibility index (Phi) is 6.61. The van der Waals surface area contributed by atoms with Crippen LogP contribution >= 0.6 is 11.6 Å². The second-order valence-corrected chi connectivity index (χ2v) is 10.5. The largest absolute Gasteiger partial charge is 0.492 e. The predicted octanol–water partition coefficient (Wildman–Crippen LogP) is 6.21. The molecule has 0 unspecified atom stereocenters. The van der Waals surface area contributed by atoms with E-state index in [1.807, 2.05) is 31.1 Å². The Labute approximate surface area is 213 Å². The van der Waals surface area contributed by atoms with Gasteiger partial charge in [0.2, 0.25) is 0 Å². The summed E-state index contributed by atoms with van der Waals surface area (Å²) in [6.07, 6.45) is 2.68. The number of nitrogens with zero attached hydrogens (tertiary/aromatic N) is 2. The Morgan fingerprint density at radius 3 is 2.63 bits per heavy atom. The molecule has 0 bridgehead atoms. The van der Waals surface area contributed by atoms with Gasteiger partial charge in [0.1, 0.15) is 12.4 Å². The molecule has 0 aromatic heterocycles. The molecule has 1 aliphatic carbocycles. The molecule has 35 heavy (non-hydrogen) atoms. The van der Waals surface area contributed by atoms with Gasteiger partial charge in [-0.2, -0.15) is 0 Å². The number of anilines is 1. The summed E-state index contributed by atoms with van der Waals surface area (Å²) in [5.41, 5.74) is 6.57. The Balaban J connectivity index is 1.47. The van der Waals surface area contributed by atoms with Crippen LogP contribution in [0.3, 0.4) is 0 Å². The zero-order chi connectivity index (χ0) is 24.7. The van der Waals surface area contributed by atoms with E-state index in [1.165, 1.54) is 27.5 Å². The fourth-order valence-corrected chi connectivity index (χ4v) is 5.58. The van der Waals surface area contributed by atoms with Gasteiger partial charge in [-0.3, -0.25) is 4.79 Å². The molecule has 0 saturated heterocycles. The van der Waals surface area contributed by atoms with Crippen LogP contribution in [0.1, 0.15) is 47.9 Å². The smallest absolute Gasteiger partial charge is 0.254 e. The molecule has 0 radical (unpaired) electrons. The minimum Gasteiger partial charge on any atom is -0.492 e. The zero-order valence-electron chi connectivity index (χ0n) is 21.0. The Morgan fingerprint density at radius 2 is 1.91 bits per heavy atom. The number of carbonyl (C=O) groups is 1. The van der Waals surface area contributed by atoms with Crippen molar-refractivity contribution >= 4 is 40.0 Å². The van der Waals surface area contributed by atoms with Crippen molar-refractivity contribution in [2.75, 3.05) is 44.6 Å². The molecule has 0 spiro atoms. The van der Waals surface area contributed by atoms with Crippen LogP contribution in [0.2, 0.25) is 0 Å². The number of hydrogen-bond acceptors (Lipinski definition) is 3. The number of rotatable bonds is 7. The van der Waals surface area contributed by atoms with E-state index in [4.69, 9.17) is 16.3 Å². The molecule has 2 aliphatic rings. The molecule has 5 heteroatoms. The van der Waals surface area contributed by atoms with Crippen molar-refractivity contribution in [3.05, 3.63) is 76.4 Å². The fourth-order valence-electron chi connectivity index (χ4n) is 5.33. The van der Waals surface area contributed by atoms with Crippen molar-refractivity contribution < 1.29 is 9.53 Å². The maximum Gasteiger partial charge on any atom is 0.254 e. The summed E-state index contributed by atoms with van der Waals surface area (Å²) < 4.78 is 5.91. The molecule has 182 valence electrons. The van der Waals surface area contributed by atoms with Gasteiger partial charge in [-0.1, -0.05) is 44.2 Å². The van der Waals surface area contributed by atoms with Crippen LogP contribution < -0.4 is 9.64 Å². The Bertz CT molecular complexity index is 1310. The second-order valence-electron chi connectivity index (χ2n) is 10.2. The molecular formula is C30H33ClN2O2. The third-order valence-electron chi connectivity index (χ3n) is 7.16. The Morgan fingerprint density at radius 1 is 1.14 bits per heavy atom. The van der Waals surface area contributed by atoms with Crippen molar-refractivity contribution in [3.63, 3.8) is 0 Å². The van der Waals surface area contributed by atoms with Crippen molar-refractivity contribution in [3.8, 4) is 5.75 Å². The number of carbonyl (C=O) groups excluding carboxylic acids is 1. The summed E-state index contributed by atoms with van der Waals surface area (Å²) in [5, 5.41) is 2.48. The van der Waals surface area contributed by atoms with E-state index in [1.54, 1.807) is 0 Å². The average Bonchev–Trinajstić information content (AvgIpc) is 3.44. The lowest BCUT2D eigenvalue weighted by Crippen LogP contribution is -2.31. The van der Waals surface area contributed by atoms with Crippen LogP contribution in [-0.2, 0) is 11.2 Å². The third kappa shape index (κ3) is 4.46. The van der Waals surface area contributed by atoms with Crippen LogP contribution in [0.4, 0.5) is 5.69 Å². The van der Waals surface area contributed by atoms with E-state index in [0.29, 0.717) is 31.4 Å². The van der Waals surface area contributed by atoms with Crippen LogP contribution in [0.5, 0.6) is 5.75 Å². The van der Waals surface area contributed by atoms with E-state index >= 15 is 0 Å². The van der Waals surface area contributed by atoms with Crippen LogP contribution in [-0.4, -0.2) is 50.5 Å². The minimum atomic E-state index is 0.0788. The van der Waals surface area contributed by atoms with Gasteiger partial charge in [-0.25, -0.2) is 0 Å². The number of fused-ring (bicyclic) bond motifs is 4. The summed E-state index contributed by atoms with van der Waals surface area (Å²) >= 11 is 6.45.